The molecule has 2 unspecified atom stereocenters. The van der Waals surface area contributed by atoms with Gasteiger partial charge < -0.3 is 10.4 Å². The zero-order chi connectivity index (χ0) is 17.8. The summed E-state index contributed by atoms with van der Waals surface area (Å²) >= 11 is 0. The summed E-state index contributed by atoms with van der Waals surface area (Å²) in [6, 6.07) is 12.8. The molecule has 0 aliphatic heterocycles. The highest BCUT2D eigenvalue weighted by molar-refractivity contribution is 5.31. The molecule has 0 fully saturated rings. The third-order valence-corrected chi connectivity index (χ3v) is 4.04. The number of halogens is 2. The van der Waals surface area contributed by atoms with Gasteiger partial charge >= 0.3 is 0 Å². The van der Waals surface area contributed by atoms with E-state index in [0.29, 0.717) is 12.1 Å². The molecule has 0 saturated heterocycles. The molecule has 0 spiro atoms. The fraction of sp³-hybridized carbons (Fsp3) is 0.211. The van der Waals surface area contributed by atoms with Crippen molar-refractivity contribution >= 4 is 0 Å². The van der Waals surface area contributed by atoms with Gasteiger partial charge in [-0.25, -0.2) is 13.5 Å². The molecular weight excluding hydrogens is 324 g/mol. The van der Waals surface area contributed by atoms with Crippen LogP contribution in [0.15, 0.2) is 60.9 Å². The lowest BCUT2D eigenvalue weighted by molar-refractivity contribution is 0.135. The van der Waals surface area contributed by atoms with Gasteiger partial charge in [0.15, 0.2) is 11.6 Å². The molecule has 0 saturated carbocycles. The Hall–Kier alpha value is -2.57. The second-order valence-corrected chi connectivity index (χ2v) is 5.92. The highest BCUT2D eigenvalue weighted by Crippen LogP contribution is 2.19. The van der Waals surface area contributed by atoms with Crippen LogP contribution in [-0.4, -0.2) is 20.9 Å². The van der Waals surface area contributed by atoms with E-state index in [9.17, 15) is 13.9 Å². The average Bonchev–Trinajstić information content (AvgIpc) is 3.11. The van der Waals surface area contributed by atoms with Crippen LogP contribution in [-0.2, 0) is 6.54 Å². The Kier molecular flexibility index (Phi) is 5.21. The molecule has 0 radical (unpaired) electrons. The lowest BCUT2D eigenvalue weighted by atomic mass is 10.0. The van der Waals surface area contributed by atoms with Gasteiger partial charge in [0.1, 0.15) is 0 Å². The summed E-state index contributed by atoms with van der Waals surface area (Å²) in [5.41, 5.74) is 2.25. The molecule has 6 heteroatoms. The van der Waals surface area contributed by atoms with Crippen LogP contribution in [0.2, 0.25) is 0 Å². The third-order valence-electron chi connectivity index (χ3n) is 4.04. The first kappa shape index (κ1) is 17.3. The highest BCUT2D eigenvalue weighted by Gasteiger charge is 2.17. The third kappa shape index (κ3) is 4.10. The zero-order valence-corrected chi connectivity index (χ0v) is 13.7. The second-order valence-electron chi connectivity index (χ2n) is 5.92. The summed E-state index contributed by atoms with van der Waals surface area (Å²) in [7, 11) is 0. The Bertz CT molecular complexity index is 836. The van der Waals surface area contributed by atoms with E-state index in [0.717, 1.165) is 23.4 Å². The Morgan fingerprint density at radius 1 is 1.12 bits per heavy atom. The SMILES string of the molecule is CC(NCc1cnn(-c2ccccc2)c1)C(O)c1ccc(F)c(F)c1. The minimum absolute atomic E-state index is 0.332. The lowest BCUT2D eigenvalue weighted by Gasteiger charge is -2.20. The molecule has 2 aromatic carbocycles. The van der Waals surface area contributed by atoms with Gasteiger partial charge in [-0.2, -0.15) is 5.10 Å². The molecule has 3 aromatic rings. The van der Waals surface area contributed by atoms with Crippen molar-refractivity contribution in [3.05, 3.63) is 83.7 Å². The van der Waals surface area contributed by atoms with Crippen LogP contribution in [0.25, 0.3) is 5.69 Å². The average molecular weight is 343 g/mol. The summed E-state index contributed by atoms with van der Waals surface area (Å²) in [5, 5.41) is 17.8. The second kappa shape index (κ2) is 7.55. The van der Waals surface area contributed by atoms with E-state index in [2.05, 4.69) is 10.4 Å². The predicted octanol–water partition coefficient (Wildman–Crippen LogP) is 3.36. The molecule has 0 aliphatic carbocycles. The molecule has 1 aromatic heterocycles. The van der Waals surface area contributed by atoms with Crippen molar-refractivity contribution < 1.29 is 13.9 Å². The molecule has 0 amide bonds. The highest BCUT2D eigenvalue weighted by atomic mass is 19.2. The maximum Gasteiger partial charge on any atom is 0.159 e. The van der Waals surface area contributed by atoms with Gasteiger partial charge in [0, 0.05) is 24.3 Å². The fourth-order valence-corrected chi connectivity index (χ4v) is 2.55. The van der Waals surface area contributed by atoms with Gasteiger partial charge in [0.25, 0.3) is 0 Å². The fourth-order valence-electron chi connectivity index (χ4n) is 2.55. The Labute approximate surface area is 144 Å². The topological polar surface area (TPSA) is 50.1 Å². The summed E-state index contributed by atoms with van der Waals surface area (Å²) < 4.78 is 28.1. The Balaban J connectivity index is 1.61. The standard InChI is InChI=1S/C19H19F2N3O/c1-13(19(25)15-7-8-17(20)18(21)9-15)22-10-14-11-23-24(12-14)16-5-3-2-4-6-16/h2-9,11-13,19,22,25H,10H2,1H3. The smallest absolute Gasteiger partial charge is 0.159 e. The van der Waals surface area contributed by atoms with Crippen LogP contribution in [0.3, 0.4) is 0 Å². The monoisotopic (exact) mass is 343 g/mol. The molecule has 1 heterocycles. The number of hydrogen-bond acceptors (Lipinski definition) is 3. The van der Waals surface area contributed by atoms with Crippen LogP contribution in [0.1, 0.15) is 24.2 Å². The molecule has 3 rings (SSSR count). The molecule has 4 nitrogen and oxygen atoms in total. The van der Waals surface area contributed by atoms with E-state index in [1.165, 1.54) is 6.07 Å². The summed E-state index contributed by atoms with van der Waals surface area (Å²) in [5.74, 6) is -1.89. The predicted molar refractivity (Wildman–Crippen MR) is 91.2 cm³/mol. The number of benzene rings is 2. The van der Waals surface area contributed by atoms with Crippen molar-refractivity contribution in [1.82, 2.24) is 15.1 Å². The first-order valence-corrected chi connectivity index (χ1v) is 8.00. The maximum absolute atomic E-state index is 13.3. The van der Waals surface area contributed by atoms with Gasteiger partial charge in [-0.3, -0.25) is 0 Å². The lowest BCUT2D eigenvalue weighted by Crippen LogP contribution is -2.31. The van der Waals surface area contributed by atoms with Gasteiger partial charge in [0.2, 0.25) is 0 Å². The van der Waals surface area contributed by atoms with Crippen LogP contribution < -0.4 is 5.32 Å². The Morgan fingerprint density at radius 2 is 1.88 bits per heavy atom. The van der Waals surface area contributed by atoms with Crippen LogP contribution in [0.5, 0.6) is 0 Å². The van der Waals surface area contributed by atoms with E-state index in [1.807, 2.05) is 36.5 Å². The van der Waals surface area contributed by atoms with E-state index in [-0.39, 0.29) is 6.04 Å². The van der Waals surface area contributed by atoms with Crippen molar-refractivity contribution in [2.45, 2.75) is 25.6 Å². The molecule has 0 bridgehead atoms. The normalized spacial score (nSPS) is 13.6. The quantitative estimate of drug-likeness (QED) is 0.722. The number of nitrogens with zero attached hydrogens (tertiary/aromatic N) is 2. The number of aliphatic hydroxyl groups excluding tert-OH is 1. The first-order chi connectivity index (χ1) is 12.0. The van der Waals surface area contributed by atoms with E-state index < -0.39 is 17.7 Å². The van der Waals surface area contributed by atoms with Crippen molar-refractivity contribution in [3.63, 3.8) is 0 Å². The summed E-state index contributed by atoms with van der Waals surface area (Å²) in [4.78, 5) is 0. The Morgan fingerprint density at radius 3 is 2.60 bits per heavy atom. The van der Waals surface area contributed by atoms with Crippen LogP contribution >= 0.6 is 0 Å². The van der Waals surface area contributed by atoms with Crippen molar-refractivity contribution in [1.29, 1.82) is 0 Å². The molecule has 130 valence electrons. The maximum atomic E-state index is 13.3. The number of aliphatic hydroxyl groups is 1. The number of para-hydroxylation sites is 1. The largest absolute Gasteiger partial charge is 0.387 e. The number of hydrogen-bond donors (Lipinski definition) is 2. The molecule has 25 heavy (non-hydrogen) atoms. The van der Waals surface area contributed by atoms with Gasteiger partial charge in [-0.15, -0.1) is 0 Å². The van der Waals surface area contributed by atoms with E-state index in [4.69, 9.17) is 0 Å². The molecule has 2 N–H and O–H groups in total. The van der Waals surface area contributed by atoms with Crippen molar-refractivity contribution in [3.8, 4) is 5.69 Å². The first-order valence-electron chi connectivity index (χ1n) is 8.00. The minimum Gasteiger partial charge on any atom is -0.387 e. The van der Waals surface area contributed by atoms with Crippen molar-refractivity contribution in [2.24, 2.45) is 0 Å². The minimum atomic E-state index is -0.965. The zero-order valence-electron chi connectivity index (χ0n) is 13.7. The van der Waals surface area contributed by atoms with Gasteiger partial charge in [-0.05, 0) is 36.8 Å². The van der Waals surface area contributed by atoms with E-state index >= 15 is 0 Å². The van der Waals surface area contributed by atoms with Gasteiger partial charge in [0.05, 0.1) is 18.0 Å². The molecule has 2 atom stereocenters. The summed E-state index contributed by atoms with van der Waals surface area (Å²) in [6.07, 6.45) is 2.70. The number of rotatable bonds is 6. The van der Waals surface area contributed by atoms with Crippen molar-refractivity contribution in [2.75, 3.05) is 0 Å². The molecular formula is C19H19F2N3O. The summed E-state index contributed by atoms with van der Waals surface area (Å²) in [6.45, 7) is 2.28. The number of nitrogens with one attached hydrogen (secondary N) is 1. The van der Waals surface area contributed by atoms with Gasteiger partial charge in [-0.1, -0.05) is 24.3 Å². The number of aromatic nitrogens is 2. The molecule has 0 aliphatic rings. The van der Waals surface area contributed by atoms with Crippen LogP contribution in [0.4, 0.5) is 8.78 Å². The van der Waals surface area contributed by atoms with Crippen LogP contribution in [0, 0.1) is 11.6 Å². The van der Waals surface area contributed by atoms with E-state index in [1.54, 1.807) is 17.8 Å².